The molecule has 0 aromatic heterocycles. The molecule has 0 aliphatic rings. The van der Waals surface area contributed by atoms with Crippen molar-refractivity contribution in [2.75, 3.05) is 12.0 Å². The molecule has 0 bridgehead atoms. The fraction of sp³-hybridized carbons (Fsp3) is 0.462. The first-order chi connectivity index (χ1) is 8.84. The highest BCUT2D eigenvalue weighted by Gasteiger charge is 2.09. The fourth-order valence-corrected chi connectivity index (χ4v) is 3.25. The lowest BCUT2D eigenvalue weighted by Gasteiger charge is -2.03. The maximum absolute atomic E-state index is 11.9. The summed E-state index contributed by atoms with van der Waals surface area (Å²) in [6.07, 6.45) is 2.68. The molecule has 1 unspecified atom stereocenters. The van der Waals surface area contributed by atoms with E-state index in [1.165, 1.54) is 12.1 Å². The molecule has 0 spiro atoms. The molecule has 6 heteroatoms. The second kappa shape index (κ2) is 6.96. The predicted molar refractivity (Wildman–Crippen MR) is 75.4 cm³/mol. The van der Waals surface area contributed by atoms with Gasteiger partial charge in [-0.1, -0.05) is 6.92 Å². The summed E-state index contributed by atoms with van der Waals surface area (Å²) < 4.78 is 34.5. The van der Waals surface area contributed by atoms with Gasteiger partial charge in [0.1, 0.15) is 5.78 Å². The Bertz CT molecular complexity index is 559. The zero-order valence-electron chi connectivity index (χ0n) is 11.1. The van der Waals surface area contributed by atoms with Crippen molar-refractivity contribution in [2.45, 2.75) is 36.0 Å². The lowest BCUT2D eigenvalue weighted by Crippen LogP contribution is -2.03. The number of hydrogen-bond acceptors (Lipinski definition) is 4. The number of Topliss-reactive ketones (excluding diaryl/α,β-unsaturated/α-hetero) is 1. The number of hydrogen-bond donors (Lipinski definition) is 0. The van der Waals surface area contributed by atoms with Gasteiger partial charge in [-0.05, 0) is 30.7 Å². The quantitative estimate of drug-likeness (QED) is 0.772. The third-order valence-corrected chi connectivity index (χ3v) is 5.28. The van der Waals surface area contributed by atoms with Gasteiger partial charge in [0.2, 0.25) is 0 Å². The summed E-state index contributed by atoms with van der Waals surface area (Å²) in [5.41, 5.74) is 0. The van der Waals surface area contributed by atoms with Gasteiger partial charge in [0.05, 0.1) is 15.7 Å². The van der Waals surface area contributed by atoms with Crippen molar-refractivity contribution in [3.63, 3.8) is 0 Å². The Morgan fingerprint density at radius 3 is 2.26 bits per heavy atom. The van der Waals surface area contributed by atoms with Crippen LogP contribution < -0.4 is 0 Å². The molecule has 1 rings (SSSR count). The highest BCUT2D eigenvalue weighted by molar-refractivity contribution is 7.90. The Balaban J connectivity index is 2.61. The van der Waals surface area contributed by atoms with Crippen LogP contribution in [-0.2, 0) is 25.4 Å². The standard InChI is InChI=1S/C13H18O4S2/c1-3-11(14)5-4-10-18(15)12-6-8-13(9-7-12)19(2,16)17/h6-9H,3-5,10H2,1-2H3. The Labute approximate surface area is 116 Å². The third kappa shape index (κ3) is 5.24. The SMILES string of the molecule is CCC(=O)CCCS(=O)c1ccc(S(C)(=O)=O)cc1. The van der Waals surface area contributed by atoms with Crippen LogP contribution in [0.25, 0.3) is 0 Å². The molecule has 0 radical (unpaired) electrons. The van der Waals surface area contributed by atoms with Gasteiger partial charge < -0.3 is 0 Å². The van der Waals surface area contributed by atoms with Gasteiger partial charge in [-0.3, -0.25) is 9.00 Å². The van der Waals surface area contributed by atoms with Gasteiger partial charge in [-0.25, -0.2) is 8.42 Å². The van der Waals surface area contributed by atoms with E-state index in [4.69, 9.17) is 0 Å². The molecule has 0 saturated heterocycles. The van der Waals surface area contributed by atoms with Crippen LogP contribution in [0.15, 0.2) is 34.1 Å². The van der Waals surface area contributed by atoms with E-state index < -0.39 is 20.6 Å². The largest absolute Gasteiger partial charge is 0.300 e. The average molecular weight is 302 g/mol. The second-order valence-corrected chi connectivity index (χ2v) is 7.88. The molecular weight excluding hydrogens is 284 g/mol. The molecule has 0 aliphatic carbocycles. The van der Waals surface area contributed by atoms with Crippen LogP contribution in [0, 0.1) is 0 Å². The Kier molecular flexibility index (Phi) is 5.87. The summed E-state index contributed by atoms with van der Waals surface area (Å²) in [4.78, 5) is 11.9. The van der Waals surface area contributed by atoms with E-state index in [0.29, 0.717) is 29.9 Å². The molecule has 0 aliphatic heterocycles. The smallest absolute Gasteiger partial charge is 0.175 e. The number of ketones is 1. The van der Waals surface area contributed by atoms with Crippen molar-refractivity contribution >= 4 is 26.4 Å². The number of sulfone groups is 1. The fourth-order valence-electron chi connectivity index (χ4n) is 1.53. The minimum Gasteiger partial charge on any atom is -0.300 e. The Morgan fingerprint density at radius 1 is 1.21 bits per heavy atom. The van der Waals surface area contributed by atoms with E-state index in [2.05, 4.69) is 0 Å². The third-order valence-electron chi connectivity index (χ3n) is 2.69. The first kappa shape index (κ1) is 16.0. The summed E-state index contributed by atoms with van der Waals surface area (Å²) >= 11 is 0. The van der Waals surface area contributed by atoms with Gasteiger partial charge in [0.25, 0.3) is 0 Å². The number of carbonyl (C=O) groups excluding carboxylic acids is 1. The molecule has 1 aromatic carbocycles. The minimum atomic E-state index is -3.22. The molecular formula is C13H18O4S2. The Morgan fingerprint density at radius 2 is 1.79 bits per heavy atom. The molecule has 0 heterocycles. The van der Waals surface area contributed by atoms with Gasteiger partial charge in [0.15, 0.2) is 9.84 Å². The van der Waals surface area contributed by atoms with Crippen molar-refractivity contribution in [3.8, 4) is 0 Å². The first-order valence-electron chi connectivity index (χ1n) is 6.04. The summed E-state index contributed by atoms with van der Waals surface area (Å²) in [5.74, 6) is 0.591. The van der Waals surface area contributed by atoms with Crippen LogP contribution in [0.4, 0.5) is 0 Å². The first-order valence-corrected chi connectivity index (χ1v) is 9.26. The lowest BCUT2D eigenvalue weighted by atomic mass is 10.2. The zero-order chi connectivity index (χ0) is 14.5. The van der Waals surface area contributed by atoms with Gasteiger partial charge in [-0.15, -0.1) is 0 Å². The molecule has 19 heavy (non-hydrogen) atoms. The topological polar surface area (TPSA) is 68.3 Å². The molecule has 0 fully saturated rings. The van der Waals surface area contributed by atoms with Gasteiger partial charge in [0, 0.05) is 29.7 Å². The van der Waals surface area contributed by atoms with Crippen LogP contribution in [-0.4, -0.2) is 30.4 Å². The monoisotopic (exact) mass is 302 g/mol. The molecule has 1 aromatic rings. The van der Waals surface area contributed by atoms with E-state index in [0.717, 1.165) is 6.26 Å². The van der Waals surface area contributed by atoms with E-state index in [9.17, 15) is 17.4 Å². The molecule has 1 atom stereocenters. The van der Waals surface area contributed by atoms with Crippen molar-refractivity contribution in [3.05, 3.63) is 24.3 Å². The lowest BCUT2D eigenvalue weighted by molar-refractivity contribution is -0.118. The number of benzene rings is 1. The van der Waals surface area contributed by atoms with Crippen LogP contribution >= 0.6 is 0 Å². The maximum Gasteiger partial charge on any atom is 0.175 e. The van der Waals surface area contributed by atoms with Crippen LogP contribution in [0.3, 0.4) is 0 Å². The maximum atomic E-state index is 11.9. The Hall–Kier alpha value is -1.01. The van der Waals surface area contributed by atoms with Crippen molar-refractivity contribution in [1.82, 2.24) is 0 Å². The van der Waals surface area contributed by atoms with Crippen LogP contribution in [0.1, 0.15) is 26.2 Å². The summed E-state index contributed by atoms with van der Waals surface area (Å²) in [6.45, 7) is 1.81. The predicted octanol–water partition coefficient (Wildman–Crippen LogP) is 1.96. The second-order valence-electron chi connectivity index (χ2n) is 4.29. The number of rotatable bonds is 7. The van der Waals surface area contributed by atoms with Crippen molar-refractivity contribution in [2.24, 2.45) is 0 Å². The molecule has 106 valence electrons. The van der Waals surface area contributed by atoms with E-state index in [1.807, 2.05) is 6.92 Å². The average Bonchev–Trinajstić information content (AvgIpc) is 2.37. The van der Waals surface area contributed by atoms with Crippen LogP contribution in [0.2, 0.25) is 0 Å². The van der Waals surface area contributed by atoms with E-state index >= 15 is 0 Å². The van der Waals surface area contributed by atoms with E-state index in [-0.39, 0.29) is 10.7 Å². The minimum absolute atomic E-state index is 0.171. The summed E-state index contributed by atoms with van der Waals surface area (Å²) in [5, 5.41) is 0. The molecule has 4 nitrogen and oxygen atoms in total. The summed E-state index contributed by atoms with van der Waals surface area (Å²) in [6, 6.07) is 6.04. The highest BCUT2D eigenvalue weighted by atomic mass is 32.2. The van der Waals surface area contributed by atoms with Gasteiger partial charge in [-0.2, -0.15) is 0 Å². The molecule has 0 saturated carbocycles. The summed E-state index contributed by atoms with van der Waals surface area (Å²) in [7, 11) is -4.40. The van der Waals surface area contributed by atoms with Crippen molar-refractivity contribution in [1.29, 1.82) is 0 Å². The number of carbonyl (C=O) groups is 1. The van der Waals surface area contributed by atoms with Crippen LogP contribution in [0.5, 0.6) is 0 Å². The highest BCUT2D eigenvalue weighted by Crippen LogP contribution is 2.14. The molecule has 0 N–H and O–H groups in total. The van der Waals surface area contributed by atoms with Crippen molar-refractivity contribution < 1.29 is 17.4 Å². The molecule has 0 amide bonds. The normalized spacial score (nSPS) is 13.2. The zero-order valence-corrected chi connectivity index (χ0v) is 12.7. The van der Waals surface area contributed by atoms with E-state index in [1.54, 1.807) is 12.1 Å². The van der Waals surface area contributed by atoms with Gasteiger partial charge >= 0.3 is 0 Å².